The highest BCUT2D eigenvalue weighted by Crippen LogP contribution is 2.31. The van der Waals surface area contributed by atoms with Crippen LogP contribution in [0.15, 0.2) is 42.5 Å². The Hall–Kier alpha value is -1.51. The normalized spacial score (nSPS) is 12.2. The summed E-state index contributed by atoms with van der Waals surface area (Å²) >= 11 is 6.12. The van der Waals surface area contributed by atoms with E-state index in [9.17, 15) is 5.11 Å². The highest BCUT2D eigenvalue weighted by Gasteiger charge is 2.07. The van der Waals surface area contributed by atoms with Crippen LogP contribution >= 0.6 is 11.6 Å². The molecule has 2 nitrogen and oxygen atoms in total. The van der Waals surface area contributed by atoms with Crippen molar-refractivity contribution in [2.24, 2.45) is 0 Å². The number of benzene rings is 2. The van der Waals surface area contributed by atoms with Crippen LogP contribution in [-0.4, -0.2) is 5.11 Å². The first kappa shape index (κ1) is 12.9. The number of rotatable bonds is 3. The molecule has 1 N–H and O–H groups in total. The van der Waals surface area contributed by atoms with Gasteiger partial charge >= 0.3 is 0 Å². The van der Waals surface area contributed by atoms with Crippen molar-refractivity contribution in [3.05, 3.63) is 58.6 Å². The van der Waals surface area contributed by atoms with E-state index < -0.39 is 6.10 Å². The summed E-state index contributed by atoms with van der Waals surface area (Å²) in [6.07, 6.45) is -0.532. The maximum absolute atomic E-state index is 9.46. The van der Waals surface area contributed by atoms with Gasteiger partial charge in [0.1, 0.15) is 11.5 Å². The van der Waals surface area contributed by atoms with Crippen LogP contribution in [0.25, 0.3) is 0 Å². The van der Waals surface area contributed by atoms with Crippen molar-refractivity contribution in [2.45, 2.75) is 20.0 Å². The summed E-state index contributed by atoms with van der Waals surface area (Å²) < 4.78 is 5.69. The molecule has 0 radical (unpaired) electrons. The molecule has 0 amide bonds. The van der Waals surface area contributed by atoms with E-state index >= 15 is 0 Å². The van der Waals surface area contributed by atoms with Crippen LogP contribution in [0, 0.1) is 6.92 Å². The maximum atomic E-state index is 9.46. The Labute approximate surface area is 112 Å². The van der Waals surface area contributed by atoms with Crippen molar-refractivity contribution in [2.75, 3.05) is 0 Å². The molecule has 94 valence electrons. The van der Waals surface area contributed by atoms with Crippen molar-refractivity contribution in [1.82, 2.24) is 0 Å². The third-order valence-electron chi connectivity index (χ3n) is 2.69. The smallest absolute Gasteiger partial charge is 0.146 e. The lowest BCUT2D eigenvalue weighted by molar-refractivity contribution is 0.199. The minimum atomic E-state index is -0.532. The van der Waals surface area contributed by atoms with Gasteiger partial charge in [0.2, 0.25) is 0 Å². The molecule has 0 heterocycles. The van der Waals surface area contributed by atoms with Gasteiger partial charge in [0.25, 0.3) is 0 Å². The van der Waals surface area contributed by atoms with Gasteiger partial charge in [-0.3, -0.25) is 0 Å². The summed E-state index contributed by atoms with van der Waals surface area (Å²) in [6.45, 7) is 3.72. The molecule has 2 aromatic carbocycles. The van der Waals surface area contributed by atoms with Gasteiger partial charge in [0.05, 0.1) is 11.1 Å². The molecule has 0 bridgehead atoms. The van der Waals surface area contributed by atoms with Crippen LogP contribution in [0.3, 0.4) is 0 Å². The van der Waals surface area contributed by atoms with E-state index in [0.29, 0.717) is 10.8 Å². The molecular formula is C15H15ClO2. The highest BCUT2D eigenvalue weighted by molar-refractivity contribution is 6.32. The van der Waals surface area contributed by atoms with Crippen LogP contribution in [0.5, 0.6) is 11.5 Å². The third kappa shape index (κ3) is 3.03. The van der Waals surface area contributed by atoms with Crippen molar-refractivity contribution in [3.8, 4) is 11.5 Å². The lowest BCUT2D eigenvalue weighted by Gasteiger charge is -2.10. The summed E-state index contributed by atoms with van der Waals surface area (Å²) in [7, 11) is 0. The molecule has 0 unspecified atom stereocenters. The fraction of sp³-hybridized carbons (Fsp3) is 0.200. The quantitative estimate of drug-likeness (QED) is 0.883. The first-order chi connectivity index (χ1) is 8.56. The molecule has 18 heavy (non-hydrogen) atoms. The second-order valence-electron chi connectivity index (χ2n) is 4.28. The average molecular weight is 263 g/mol. The van der Waals surface area contributed by atoms with E-state index in [0.717, 1.165) is 11.3 Å². The molecule has 0 spiro atoms. The first-order valence-electron chi connectivity index (χ1n) is 5.78. The Bertz CT molecular complexity index is 533. The van der Waals surface area contributed by atoms with Crippen LogP contribution in [0.1, 0.15) is 24.2 Å². The van der Waals surface area contributed by atoms with Crippen molar-refractivity contribution in [3.63, 3.8) is 0 Å². The predicted molar refractivity (Wildman–Crippen MR) is 73.3 cm³/mol. The SMILES string of the molecule is Cc1ccc(Oc2ccc([C@H](C)O)cc2Cl)cc1. The molecule has 0 aromatic heterocycles. The van der Waals surface area contributed by atoms with Gasteiger partial charge in [-0.2, -0.15) is 0 Å². The Kier molecular flexibility index (Phi) is 3.90. The van der Waals surface area contributed by atoms with Crippen LogP contribution < -0.4 is 4.74 Å². The van der Waals surface area contributed by atoms with Gasteiger partial charge in [-0.1, -0.05) is 35.4 Å². The number of aryl methyl sites for hydroxylation is 1. The van der Waals surface area contributed by atoms with Crippen LogP contribution in [0.4, 0.5) is 0 Å². The van der Waals surface area contributed by atoms with Gasteiger partial charge in [-0.25, -0.2) is 0 Å². The minimum absolute atomic E-state index is 0.494. The predicted octanol–water partition coefficient (Wildman–Crippen LogP) is 4.49. The van der Waals surface area contributed by atoms with E-state index in [1.54, 1.807) is 25.1 Å². The van der Waals surface area contributed by atoms with Crippen molar-refractivity contribution < 1.29 is 9.84 Å². The Morgan fingerprint density at radius 2 is 1.78 bits per heavy atom. The van der Waals surface area contributed by atoms with E-state index in [1.807, 2.05) is 31.2 Å². The molecule has 3 heteroatoms. The Morgan fingerprint density at radius 3 is 2.33 bits per heavy atom. The second-order valence-corrected chi connectivity index (χ2v) is 4.69. The lowest BCUT2D eigenvalue weighted by Crippen LogP contribution is -1.92. The molecule has 0 aliphatic carbocycles. The molecule has 1 atom stereocenters. The zero-order valence-corrected chi connectivity index (χ0v) is 11.1. The fourth-order valence-corrected chi connectivity index (χ4v) is 1.82. The van der Waals surface area contributed by atoms with Crippen LogP contribution in [-0.2, 0) is 0 Å². The standard InChI is InChI=1S/C15H15ClO2/c1-10-3-6-13(7-4-10)18-15-8-5-12(11(2)17)9-14(15)16/h3-9,11,17H,1-2H3/t11-/m0/s1. The van der Waals surface area contributed by atoms with E-state index in [1.165, 1.54) is 5.56 Å². The first-order valence-corrected chi connectivity index (χ1v) is 6.16. The number of aliphatic hydroxyl groups excluding tert-OH is 1. The summed E-state index contributed by atoms with van der Waals surface area (Å²) in [5.74, 6) is 1.33. The number of ether oxygens (including phenoxy) is 1. The lowest BCUT2D eigenvalue weighted by atomic mass is 10.1. The Balaban J connectivity index is 2.22. The van der Waals surface area contributed by atoms with Crippen molar-refractivity contribution >= 4 is 11.6 Å². The zero-order valence-electron chi connectivity index (χ0n) is 10.4. The van der Waals surface area contributed by atoms with Crippen molar-refractivity contribution in [1.29, 1.82) is 0 Å². The number of hydrogen-bond donors (Lipinski definition) is 1. The van der Waals surface area contributed by atoms with Gasteiger partial charge in [-0.05, 0) is 43.7 Å². The molecule has 2 aromatic rings. The van der Waals surface area contributed by atoms with Crippen LogP contribution in [0.2, 0.25) is 5.02 Å². The molecule has 0 aliphatic rings. The largest absolute Gasteiger partial charge is 0.456 e. The van der Waals surface area contributed by atoms with E-state index in [-0.39, 0.29) is 0 Å². The summed E-state index contributed by atoms with van der Waals surface area (Å²) in [4.78, 5) is 0. The van der Waals surface area contributed by atoms with Gasteiger partial charge in [-0.15, -0.1) is 0 Å². The molecule has 0 fully saturated rings. The topological polar surface area (TPSA) is 29.5 Å². The molecule has 2 rings (SSSR count). The molecule has 0 saturated heterocycles. The number of aliphatic hydroxyl groups is 1. The molecule has 0 saturated carbocycles. The fourth-order valence-electron chi connectivity index (χ4n) is 1.59. The van der Waals surface area contributed by atoms with E-state index in [2.05, 4.69) is 0 Å². The number of halogens is 1. The summed E-state index contributed by atoms with van der Waals surface area (Å²) in [5, 5.41) is 9.95. The van der Waals surface area contributed by atoms with Gasteiger partial charge in [0.15, 0.2) is 0 Å². The number of hydrogen-bond acceptors (Lipinski definition) is 2. The molecule has 0 aliphatic heterocycles. The van der Waals surface area contributed by atoms with Gasteiger partial charge < -0.3 is 9.84 Å². The summed E-state index contributed by atoms with van der Waals surface area (Å²) in [5.41, 5.74) is 1.95. The maximum Gasteiger partial charge on any atom is 0.146 e. The minimum Gasteiger partial charge on any atom is -0.456 e. The Morgan fingerprint density at radius 1 is 1.11 bits per heavy atom. The second kappa shape index (κ2) is 5.42. The van der Waals surface area contributed by atoms with E-state index in [4.69, 9.17) is 16.3 Å². The summed E-state index contributed by atoms with van der Waals surface area (Å²) in [6, 6.07) is 13.0. The molecular weight excluding hydrogens is 248 g/mol. The zero-order chi connectivity index (χ0) is 13.1. The van der Waals surface area contributed by atoms with Gasteiger partial charge in [0, 0.05) is 0 Å². The monoisotopic (exact) mass is 262 g/mol. The third-order valence-corrected chi connectivity index (χ3v) is 2.98. The average Bonchev–Trinajstić information content (AvgIpc) is 2.34. The highest BCUT2D eigenvalue weighted by atomic mass is 35.5.